The quantitative estimate of drug-likeness (QED) is 0.451. The molecule has 2 aliphatic heterocycles. The normalized spacial score (nSPS) is 19.2. The predicted molar refractivity (Wildman–Crippen MR) is 102 cm³/mol. The molecule has 3 heterocycles. The molecule has 0 bridgehead atoms. The number of nitrogens with zero attached hydrogens (tertiary/aromatic N) is 5. The van der Waals surface area contributed by atoms with Crippen LogP contribution in [0.1, 0.15) is 18.2 Å². The third-order valence-electron chi connectivity index (χ3n) is 5.20. The SMILES string of the molecule is C[C@H]1COCCN1c1nc(-c2ccc([N+](=O)[O-])cc2)nc2c1CCN(C=O)C2. The van der Waals surface area contributed by atoms with Crippen molar-refractivity contribution in [3.63, 3.8) is 0 Å². The number of anilines is 1. The number of non-ortho nitro benzene ring substituents is 1. The molecule has 1 aromatic carbocycles. The molecule has 2 aliphatic rings. The van der Waals surface area contributed by atoms with Crippen molar-refractivity contribution in [1.29, 1.82) is 0 Å². The van der Waals surface area contributed by atoms with Gasteiger partial charge < -0.3 is 14.5 Å². The third-order valence-corrected chi connectivity index (χ3v) is 5.20. The molecule has 0 unspecified atom stereocenters. The van der Waals surface area contributed by atoms with E-state index in [4.69, 9.17) is 14.7 Å². The molecule has 1 fully saturated rings. The summed E-state index contributed by atoms with van der Waals surface area (Å²) in [6.07, 6.45) is 1.54. The highest BCUT2D eigenvalue weighted by Crippen LogP contribution is 2.31. The summed E-state index contributed by atoms with van der Waals surface area (Å²) >= 11 is 0. The lowest BCUT2D eigenvalue weighted by atomic mass is 10.0. The van der Waals surface area contributed by atoms with Gasteiger partial charge in [0.15, 0.2) is 5.82 Å². The number of amides is 1. The Morgan fingerprint density at radius 3 is 2.71 bits per heavy atom. The van der Waals surface area contributed by atoms with Crippen LogP contribution in [0.5, 0.6) is 0 Å². The van der Waals surface area contributed by atoms with Crippen LogP contribution in [0.2, 0.25) is 0 Å². The number of benzene rings is 1. The number of aromatic nitrogens is 2. The van der Waals surface area contributed by atoms with Crippen molar-refractivity contribution in [2.75, 3.05) is 31.2 Å². The lowest BCUT2D eigenvalue weighted by Gasteiger charge is -2.37. The minimum atomic E-state index is -0.430. The largest absolute Gasteiger partial charge is 0.377 e. The predicted octanol–water partition coefficient (Wildman–Crippen LogP) is 1.79. The van der Waals surface area contributed by atoms with Crippen LogP contribution in [0.3, 0.4) is 0 Å². The van der Waals surface area contributed by atoms with Gasteiger partial charge >= 0.3 is 0 Å². The molecule has 9 nitrogen and oxygen atoms in total. The number of hydrogen-bond acceptors (Lipinski definition) is 7. The number of carbonyl (C=O) groups is 1. The van der Waals surface area contributed by atoms with Crippen molar-refractivity contribution in [2.24, 2.45) is 0 Å². The van der Waals surface area contributed by atoms with E-state index in [1.165, 1.54) is 12.1 Å². The van der Waals surface area contributed by atoms with Gasteiger partial charge in [0.05, 0.1) is 36.4 Å². The van der Waals surface area contributed by atoms with Gasteiger partial charge in [-0.2, -0.15) is 0 Å². The van der Waals surface area contributed by atoms with Crippen LogP contribution in [0.15, 0.2) is 24.3 Å². The van der Waals surface area contributed by atoms with Crippen LogP contribution in [0.4, 0.5) is 11.5 Å². The first-order valence-corrected chi connectivity index (χ1v) is 9.25. The zero-order valence-corrected chi connectivity index (χ0v) is 15.6. The Kier molecular flexibility index (Phi) is 4.91. The number of morpholine rings is 1. The second-order valence-electron chi connectivity index (χ2n) is 7.04. The Morgan fingerprint density at radius 2 is 2.04 bits per heavy atom. The molecule has 146 valence electrons. The summed E-state index contributed by atoms with van der Waals surface area (Å²) in [7, 11) is 0. The molecule has 0 spiro atoms. The zero-order valence-electron chi connectivity index (χ0n) is 15.6. The Bertz CT molecular complexity index is 902. The highest BCUT2D eigenvalue weighted by atomic mass is 16.6. The second-order valence-corrected chi connectivity index (χ2v) is 7.04. The van der Waals surface area contributed by atoms with Crippen LogP contribution in [0.25, 0.3) is 11.4 Å². The fourth-order valence-corrected chi connectivity index (χ4v) is 3.66. The van der Waals surface area contributed by atoms with Crippen molar-refractivity contribution >= 4 is 17.9 Å². The van der Waals surface area contributed by atoms with E-state index in [9.17, 15) is 14.9 Å². The molecule has 0 aliphatic carbocycles. The highest BCUT2D eigenvalue weighted by molar-refractivity contribution is 5.63. The smallest absolute Gasteiger partial charge is 0.269 e. The maximum atomic E-state index is 11.3. The lowest BCUT2D eigenvalue weighted by molar-refractivity contribution is -0.384. The minimum absolute atomic E-state index is 0.0239. The van der Waals surface area contributed by atoms with E-state index in [1.54, 1.807) is 17.0 Å². The lowest BCUT2D eigenvalue weighted by Crippen LogP contribution is -2.45. The number of ether oxygens (including phenoxy) is 1. The second kappa shape index (κ2) is 7.51. The molecular weight excluding hydrogens is 362 g/mol. The standard InChI is InChI=1S/C19H21N5O4/c1-13-11-28-9-8-23(13)19-16-6-7-22(12-25)10-17(16)20-18(21-19)14-2-4-15(5-3-14)24(26)27/h2-5,12-13H,6-11H2,1H3/t13-/m0/s1. The number of rotatable bonds is 4. The van der Waals surface area contributed by atoms with Crippen molar-refractivity contribution in [3.05, 3.63) is 45.6 Å². The van der Waals surface area contributed by atoms with Crippen molar-refractivity contribution in [2.45, 2.75) is 25.9 Å². The van der Waals surface area contributed by atoms with Gasteiger partial charge in [-0.05, 0) is 25.5 Å². The first kappa shape index (κ1) is 18.3. The van der Waals surface area contributed by atoms with Crippen molar-refractivity contribution < 1.29 is 14.5 Å². The summed E-state index contributed by atoms with van der Waals surface area (Å²) < 4.78 is 5.56. The molecular formula is C19H21N5O4. The van der Waals surface area contributed by atoms with Gasteiger partial charge in [0.25, 0.3) is 5.69 Å². The molecule has 0 N–H and O–H groups in total. The van der Waals surface area contributed by atoms with Crippen LogP contribution >= 0.6 is 0 Å². The maximum Gasteiger partial charge on any atom is 0.269 e. The fraction of sp³-hybridized carbons (Fsp3) is 0.421. The summed E-state index contributed by atoms with van der Waals surface area (Å²) in [4.78, 5) is 35.2. The summed E-state index contributed by atoms with van der Waals surface area (Å²) in [5.41, 5.74) is 2.63. The van der Waals surface area contributed by atoms with Gasteiger partial charge in [-0.1, -0.05) is 0 Å². The Labute approximate surface area is 162 Å². The molecule has 4 rings (SSSR count). The van der Waals surface area contributed by atoms with Gasteiger partial charge in [0.1, 0.15) is 5.82 Å². The van der Waals surface area contributed by atoms with Gasteiger partial charge in [0.2, 0.25) is 6.41 Å². The Morgan fingerprint density at radius 1 is 1.25 bits per heavy atom. The van der Waals surface area contributed by atoms with Gasteiger partial charge in [-0.15, -0.1) is 0 Å². The molecule has 9 heteroatoms. The van der Waals surface area contributed by atoms with E-state index in [1.807, 2.05) is 0 Å². The number of hydrogen-bond donors (Lipinski definition) is 0. The molecule has 0 saturated carbocycles. The minimum Gasteiger partial charge on any atom is -0.377 e. The van der Waals surface area contributed by atoms with E-state index < -0.39 is 4.92 Å². The van der Waals surface area contributed by atoms with Gasteiger partial charge in [-0.3, -0.25) is 14.9 Å². The molecule has 2 aromatic rings. The molecule has 1 atom stereocenters. The van der Waals surface area contributed by atoms with E-state index in [2.05, 4.69) is 11.8 Å². The molecule has 1 amide bonds. The highest BCUT2D eigenvalue weighted by Gasteiger charge is 2.28. The maximum absolute atomic E-state index is 11.3. The number of nitro benzene ring substituents is 1. The Hall–Kier alpha value is -3.07. The average Bonchev–Trinajstić information content (AvgIpc) is 2.73. The summed E-state index contributed by atoms with van der Waals surface area (Å²) in [6.45, 7) is 5.18. The van der Waals surface area contributed by atoms with Crippen LogP contribution in [-0.4, -0.2) is 58.5 Å². The first-order valence-electron chi connectivity index (χ1n) is 9.25. The van der Waals surface area contributed by atoms with Crippen molar-refractivity contribution in [3.8, 4) is 11.4 Å². The summed E-state index contributed by atoms with van der Waals surface area (Å²) in [5.74, 6) is 1.38. The molecule has 1 saturated heterocycles. The van der Waals surface area contributed by atoms with Gasteiger partial charge in [0, 0.05) is 36.3 Å². The molecule has 1 aromatic heterocycles. The first-order chi connectivity index (χ1) is 13.6. The summed E-state index contributed by atoms with van der Waals surface area (Å²) in [5, 5.41) is 10.9. The Balaban J connectivity index is 1.79. The van der Waals surface area contributed by atoms with E-state index in [-0.39, 0.29) is 11.7 Å². The molecule has 0 radical (unpaired) electrons. The van der Waals surface area contributed by atoms with E-state index in [0.29, 0.717) is 44.1 Å². The molecule has 28 heavy (non-hydrogen) atoms. The topological polar surface area (TPSA) is 102 Å². The summed E-state index contributed by atoms with van der Waals surface area (Å²) in [6, 6.07) is 6.40. The van der Waals surface area contributed by atoms with Crippen molar-refractivity contribution in [1.82, 2.24) is 14.9 Å². The number of carbonyl (C=O) groups excluding carboxylic acids is 1. The van der Waals surface area contributed by atoms with Crippen LogP contribution in [-0.2, 0) is 22.5 Å². The monoisotopic (exact) mass is 383 g/mol. The number of nitro groups is 1. The van der Waals surface area contributed by atoms with Crippen LogP contribution in [0, 0.1) is 10.1 Å². The third kappa shape index (κ3) is 3.40. The average molecular weight is 383 g/mol. The fourth-order valence-electron chi connectivity index (χ4n) is 3.66. The van der Waals surface area contributed by atoms with Gasteiger partial charge in [-0.25, -0.2) is 9.97 Å². The van der Waals surface area contributed by atoms with Crippen LogP contribution < -0.4 is 4.90 Å². The van der Waals surface area contributed by atoms with E-state index in [0.717, 1.165) is 30.0 Å². The van der Waals surface area contributed by atoms with E-state index >= 15 is 0 Å². The number of fused-ring (bicyclic) bond motifs is 1. The zero-order chi connectivity index (χ0) is 19.7.